The topological polar surface area (TPSA) is 57.0 Å². The Labute approximate surface area is 152 Å². The minimum absolute atomic E-state index is 0.160. The number of nitriles is 1. The Bertz CT molecular complexity index is 749. The highest BCUT2D eigenvalue weighted by atomic mass is 32.2. The molecule has 0 radical (unpaired) electrons. The average molecular weight is 351 g/mol. The molecule has 1 amide bonds. The number of thioether (sulfide) groups is 1. The van der Waals surface area contributed by atoms with Crippen molar-refractivity contribution in [1.82, 2.24) is 9.88 Å². The van der Waals surface area contributed by atoms with Crippen LogP contribution in [0.25, 0.3) is 0 Å². The van der Waals surface area contributed by atoms with Gasteiger partial charge in [-0.15, -0.1) is 0 Å². The number of likely N-dealkylation sites (tertiary alicyclic amines) is 1. The molecule has 4 nitrogen and oxygen atoms in total. The number of carbonyl (C=O) groups excluding carboxylic acids is 1. The second-order valence-electron chi connectivity index (χ2n) is 6.30. The highest BCUT2D eigenvalue weighted by Gasteiger charge is 2.23. The summed E-state index contributed by atoms with van der Waals surface area (Å²) in [7, 11) is 0. The fourth-order valence-corrected chi connectivity index (χ4v) is 3.92. The molecule has 3 rings (SSSR count). The molecule has 0 unspecified atom stereocenters. The first-order valence-electron chi connectivity index (χ1n) is 8.55. The van der Waals surface area contributed by atoms with Gasteiger partial charge in [-0.05, 0) is 42.9 Å². The van der Waals surface area contributed by atoms with Gasteiger partial charge in [-0.1, -0.05) is 42.1 Å². The van der Waals surface area contributed by atoms with Crippen molar-refractivity contribution in [3.8, 4) is 6.07 Å². The first kappa shape index (κ1) is 17.5. The van der Waals surface area contributed by atoms with Crippen molar-refractivity contribution in [2.75, 3.05) is 18.8 Å². The molecule has 1 aliphatic heterocycles. The summed E-state index contributed by atoms with van der Waals surface area (Å²) < 4.78 is 0. The van der Waals surface area contributed by atoms with E-state index in [-0.39, 0.29) is 5.91 Å². The second kappa shape index (κ2) is 8.68. The largest absolute Gasteiger partial charge is 0.342 e. The maximum absolute atomic E-state index is 12.4. The Balaban J connectivity index is 1.44. The Morgan fingerprint density at radius 1 is 1.24 bits per heavy atom. The number of pyridine rings is 1. The third-order valence-corrected chi connectivity index (χ3v) is 5.45. The fourth-order valence-electron chi connectivity index (χ4n) is 3.12. The van der Waals surface area contributed by atoms with Crippen LogP contribution in [0.2, 0.25) is 0 Å². The summed E-state index contributed by atoms with van der Waals surface area (Å²) in [5, 5.41) is 9.64. The minimum atomic E-state index is 0.160. The van der Waals surface area contributed by atoms with Gasteiger partial charge in [-0.2, -0.15) is 5.26 Å². The standard InChI is InChI=1S/C20H21N3OS/c21-14-18-6-9-22-19(13-18)25-15-20(24)23-10-7-17(8-11-23)12-16-4-2-1-3-5-16/h1-6,9,13,17H,7-8,10-12,15H2. The van der Waals surface area contributed by atoms with Crippen LogP contribution in [0.4, 0.5) is 0 Å². The summed E-state index contributed by atoms with van der Waals surface area (Å²) in [5.41, 5.74) is 1.96. The van der Waals surface area contributed by atoms with Crippen molar-refractivity contribution in [2.24, 2.45) is 5.92 Å². The van der Waals surface area contributed by atoms with Crippen LogP contribution >= 0.6 is 11.8 Å². The van der Waals surface area contributed by atoms with Gasteiger partial charge < -0.3 is 4.90 Å². The Kier molecular flexibility index (Phi) is 6.08. The van der Waals surface area contributed by atoms with Crippen molar-refractivity contribution in [1.29, 1.82) is 5.26 Å². The van der Waals surface area contributed by atoms with E-state index in [0.717, 1.165) is 37.4 Å². The summed E-state index contributed by atoms with van der Waals surface area (Å²) in [6.07, 6.45) is 4.84. The molecule has 128 valence electrons. The van der Waals surface area contributed by atoms with Gasteiger partial charge in [0.15, 0.2) is 0 Å². The van der Waals surface area contributed by atoms with E-state index in [1.807, 2.05) is 11.0 Å². The summed E-state index contributed by atoms with van der Waals surface area (Å²) in [4.78, 5) is 18.6. The molecule has 1 aliphatic rings. The predicted molar refractivity (Wildman–Crippen MR) is 99.1 cm³/mol. The molecule has 2 aromatic rings. The van der Waals surface area contributed by atoms with Crippen molar-refractivity contribution in [3.63, 3.8) is 0 Å². The lowest BCUT2D eigenvalue weighted by molar-refractivity contribution is -0.129. The SMILES string of the molecule is N#Cc1ccnc(SCC(=O)N2CCC(Cc3ccccc3)CC2)c1. The van der Waals surface area contributed by atoms with Crippen LogP contribution in [0.15, 0.2) is 53.7 Å². The molecule has 0 N–H and O–H groups in total. The normalized spacial score (nSPS) is 14.9. The lowest BCUT2D eigenvalue weighted by Crippen LogP contribution is -2.39. The van der Waals surface area contributed by atoms with Gasteiger partial charge in [0.2, 0.25) is 5.91 Å². The molecule has 1 aromatic carbocycles. The van der Waals surface area contributed by atoms with Gasteiger partial charge in [0.25, 0.3) is 0 Å². The fraction of sp³-hybridized carbons (Fsp3) is 0.350. The quantitative estimate of drug-likeness (QED) is 0.773. The summed E-state index contributed by atoms with van der Waals surface area (Å²) >= 11 is 1.40. The summed E-state index contributed by atoms with van der Waals surface area (Å²) in [5.74, 6) is 1.20. The number of nitrogens with zero attached hydrogens (tertiary/aromatic N) is 3. The van der Waals surface area contributed by atoms with Crippen LogP contribution in [0.1, 0.15) is 24.0 Å². The number of carbonyl (C=O) groups is 1. The lowest BCUT2D eigenvalue weighted by Gasteiger charge is -2.32. The molecule has 25 heavy (non-hydrogen) atoms. The molecule has 0 atom stereocenters. The molecular weight excluding hydrogens is 330 g/mol. The van der Waals surface area contributed by atoms with Gasteiger partial charge in [0.05, 0.1) is 22.4 Å². The van der Waals surface area contributed by atoms with Gasteiger partial charge in [-0.3, -0.25) is 4.79 Å². The third-order valence-electron chi connectivity index (χ3n) is 4.54. The van der Waals surface area contributed by atoms with Crippen LogP contribution in [-0.2, 0) is 11.2 Å². The molecule has 0 spiro atoms. The van der Waals surface area contributed by atoms with Gasteiger partial charge in [0.1, 0.15) is 0 Å². The number of hydrogen-bond donors (Lipinski definition) is 0. The van der Waals surface area contributed by atoms with Crippen molar-refractivity contribution < 1.29 is 4.79 Å². The van der Waals surface area contributed by atoms with E-state index in [2.05, 4.69) is 35.3 Å². The highest BCUT2D eigenvalue weighted by molar-refractivity contribution is 7.99. The van der Waals surface area contributed by atoms with Gasteiger partial charge in [-0.25, -0.2) is 4.98 Å². The van der Waals surface area contributed by atoms with E-state index in [1.165, 1.54) is 17.3 Å². The Hall–Kier alpha value is -2.32. The molecule has 0 bridgehead atoms. The van der Waals surface area contributed by atoms with Crippen molar-refractivity contribution in [2.45, 2.75) is 24.3 Å². The van der Waals surface area contributed by atoms with Gasteiger partial charge >= 0.3 is 0 Å². The zero-order valence-electron chi connectivity index (χ0n) is 14.1. The van der Waals surface area contributed by atoms with Crippen LogP contribution < -0.4 is 0 Å². The highest BCUT2D eigenvalue weighted by Crippen LogP contribution is 2.23. The van der Waals surface area contributed by atoms with E-state index < -0.39 is 0 Å². The monoisotopic (exact) mass is 351 g/mol. The zero-order chi connectivity index (χ0) is 17.5. The number of hydrogen-bond acceptors (Lipinski definition) is 4. The van der Waals surface area contributed by atoms with E-state index >= 15 is 0 Å². The number of aromatic nitrogens is 1. The molecule has 0 aliphatic carbocycles. The molecule has 1 fully saturated rings. The van der Waals surface area contributed by atoms with E-state index in [1.54, 1.807) is 18.3 Å². The average Bonchev–Trinajstić information content (AvgIpc) is 2.67. The number of rotatable bonds is 5. The van der Waals surface area contributed by atoms with Crippen LogP contribution in [-0.4, -0.2) is 34.6 Å². The van der Waals surface area contributed by atoms with E-state index in [9.17, 15) is 4.79 Å². The second-order valence-corrected chi connectivity index (χ2v) is 7.29. The number of benzene rings is 1. The van der Waals surface area contributed by atoms with E-state index in [0.29, 0.717) is 17.2 Å². The van der Waals surface area contributed by atoms with Crippen LogP contribution in [0.3, 0.4) is 0 Å². The van der Waals surface area contributed by atoms with Crippen LogP contribution in [0.5, 0.6) is 0 Å². The molecule has 1 aromatic heterocycles. The summed E-state index contributed by atoms with van der Waals surface area (Å²) in [6, 6.07) is 16.1. The Morgan fingerprint density at radius 3 is 2.72 bits per heavy atom. The Morgan fingerprint density at radius 2 is 2.00 bits per heavy atom. The molecule has 1 saturated heterocycles. The molecular formula is C20H21N3OS. The maximum atomic E-state index is 12.4. The number of amides is 1. The maximum Gasteiger partial charge on any atom is 0.232 e. The zero-order valence-corrected chi connectivity index (χ0v) is 14.9. The first-order valence-corrected chi connectivity index (χ1v) is 9.54. The summed E-state index contributed by atoms with van der Waals surface area (Å²) in [6.45, 7) is 1.67. The van der Waals surface area contributed by atoms with Gasteiger partial charge in [0, 0.05) is 19.3 Å². The molecule has 2 heterocycles. The van der Waals surface area contributed by atoms with Crippen molar-refractivity contribution >= 4 is 17.7 Å². The van der Waals surface area contributed by atoms with Crippen molar-refractivity contribution in [3.05, 3.63) is 59.8 Å². The minimum Gasteiger partial charge on any atom is -0.342 e. The first-order chi connectivity index (χ1) is 12.2. The van der Waals surface area contributed by atoms with Crippen LogP contribution in [0, 0.1) is 17.2 Å². The third kappa shape index (κ3) is 5.07. The predicted octanol–water partition coefficient (Wildman–Crippen LogP) is 3.53. The number of piperidine rings is 1. The van der Waals surface area contributed by atoms with E-state index in [4.69, 9.17) is 5.26 Å². The smallest absolute Gasteiger partial charge is 0.232 e. The lowest BCUT2D eigenvalue weighted by atomic mass is 9.90. The molecule has 0 saturated carbocycles. The molecule has 5 heteroatoms.